The second-order valence-electron chi connectivity index (χ2n) is 4.31. The summed E-state index contributed by atoms with van der Waals surface area (Å²) in [7, 11) is 0. The van der Waals surface area contributed by atoms with Gasteiger partial charge in [-0.1, -0.05) is 6.42 Å². The molecule has 0 aromatic carbocycles. The molecule has 19 heavy (non-hydrogen) atoms. The van der Waals surface area contributed by atoms with Crippen LogP contribution in [0, 0.1) is 5.92 Å². The Morgan fingerprint density at radius 1 is 0.842 bits per heavy atom. The lowest BCUT2D eigenvalue weighted by atomic mass is 9.90. The fourth-order valence-electron chi connectivity index (χ4n) is 1.94. The molecule has 0 aliphatic rings. The smallest absolute Gasteiger partial charge is 0.211 e. The molecule has 0 aliphatic carbocycles. The predicted molar refractivity (Wildman–Crippen MR) is 70.1 cm³/mol. The highest BCUT2D eigenvalue weighted by Crippen LogP contribution is 2.21. The molecule has 0 radical (unpaired) electrons. The van der Waals surface area contributed by atoms with Crippen molar-refractivity contribution in [3.63, 3.8) is 0 Å². The quantitative estimate of drug-likeness (QED) is 0.325. The Bertz CT molecular complexity index is 379. The van der Waals surface area contributed by atoms with Crippen LogP contribution in [0.15, 0.2) is 15.0 Å². The van der Waals surface area contributed by atoms with E-state index < -0.39 is 0 Å². The first-order valence-electron chi connectivity index (χ1n) is 6.40. The van der Waals surface area contributed by atoms with Crippen LogP contribution in [0.2, 0.25) is 0 Å². The maximum atomic E-state index is 10.3. The monoisotopic (exact) mass is 265 g/mol. The summed E-state index contributed by atoms with van der Waals surface area (Å²) >= 11 is 0. The van der Waals surface area contributed by atoms with Gasteiger partial charge < -0.3 is 0 Å². The van der Waals surface area contributed by atoms with Crippen LogP contribution >= 0.6 is 0 Å². The molecule has 0 rings (SSSR count). The second-order valence-corrected chi connectivity index (χ2v) is 4.31. The minimum Gasteiger partial charge on any atom is -0.211 e. The zero-order valence-electron chi connectivity index (χ0n) is 11.2. The standard InChI is InChI=1S/C13H19N3O3/c1-12(16-11-19)13(6-4-8-15-10-18)5-2-3-7-14-9-17/h12-13H,2-8H2,1H3. The maximum Gasteiger partial charge on any atom is 0.235 e. The summed E-state index contributed by atoms with van der Waals surface area (Å²) in [6, 6.07) is -0.0905. The van der Waals surface area contributed by atoms with Crippen molar-refractivity contribution >= 4 is 18.2 Å². The van der Waals surface area contributed by atoms with Crippen molar-refractivity contribution in [2.75, 3.05) is 13.1 Å². The summed E-state index contributed by atoms with van der Waals surface area (Å²) < 4.78 is 0. The molecule has 0 N–H and O–H groups in total. The molecule has 2 unspecified atom stereocenters. The molecule has 0 bridgehead atoms. The highest BCUT2D eigenvalue weighted by atomic mass is 16.1. The number of carbonyl (C=O) groups excluding carboxylic acids is 3. The first-order valence-corrected chi connectivity index (χ1v) is 6.40. The summed E-state index contributed by atoms with van der Waals surface area (Å²) in [5.41, 5.74) is 0. The third-order valence-electron chi connectivity index (χ3n) is 3.01. The van der Waals surface area contributed by atoms with E-state index in [4.69, 9.17) is 0 Å². The number of hydrogen-bond acceptors (Lipinski definition) is 6. The highest BCUT2D eigenvalue weighted by molar-refractivity contribution is 5.33. The van der Waals surface area contributed by atoms with Crippen LogP contribution in [0.1, 0.15) is 39.0 Å². The Kier molecular flexibility index (Phi) is 11.4. The van der Waals surface area contributed by atoms with E-state index in [2.05, 4.69) is 15.0 Å². The molecular formula is C13H19N3O3. The van der Waals surface area contributed by atoms with Crippen LogP contribution in [0.25, 0.3) is 0 Å². The summed E-state index contributed by atoms with van der Waals surface area (Å²) in [5, 5.41) is 0. The molecule has 104 valence electrons. The molecule has 0 aromatic heterocycles. The van der Waals surface area contributed by atoms with E-state index in [0.717, 1.165) is 32.1 Å². The van der Waals surface area contributed by atoms with Gasteiger partial charge in [0.1, 0.15) is 0 Å². The minimum absolute atomic E-state index is 0.0905. The Morgan fingerprint density at radius 2 is 1.42 bits per heavy atom. The highest BCUT2D eigenvalue weighted by Gasteiger charge is 2.15. The second kappa shape index (κ2) is 12.6. The fraction of sp³-hybridized carbons (Fsp3) is 0.769. The van der Waals surface area contributed by atoms with E-state index >= 15 is 0 Å². The lowest BCUT2D eigenvalue weighted by Gasteiger charge is -2.19. The van der Waals surface area contributed by atoms with Crippen molar-refractivity contribution in [3.05, 3.63) is 0 Å². The van der Waals surface area contributed by atoms with Gasteiger partial charge in [0.2, 0.25) is 18.2 Å². The van der Waals surface area contributed by atoms with Gasteiger partial charge >= 0.3 is 0 Å². The van der Waals surface area contributed by atoms with Crippen LogP contribution in [0.5, 0.6) is 0 Å². The zero-order chi connectivity index (χ0) is 14.3. The Balaban J connectivity index is 4.12. The molecule has 0 amide bonds. The van der Waals surface area contributed by atoms with Crippen LogP contribution in [0.3, 0.4) is 0 Å². The average Bonchev–Trinajstić information content (AvgIpc) is 2.41. The van der Waals surface area contributed by atoms with Crippen molar-refractivity contribution in [1.29, 1.82) is 0 Å². The normalized spacial score (nSPS) is 12.5. The SMILES string of the molecule is CC(N=C=O)C(CCCCN=C=O)CCCN=C=O. The molecule has 6 heteroatoms. The molecule has 0 saturated heterocycles. The molecule has 0 aliphatic heterocycles. The number of aliphatic imine (C=N–C) groups is 3. The minimum atomic E-state index is -0.0905. The Hall–Kier alpha value is -1.86. The zero-order valence-corrected chi connectivity index (χ0v) is 11.2. The summed E-state index contributed by atoms with van der Waals surface area (Å²) in [4.78, 5) is 40.9. The molecule has 0 aromatic rings. The van der Waals surface area contributed by atoms with Gasteiger partial charge in [-0.3, -0.25) is 0 Å². The summed E-state index contributed by atoms with van der Waals surface area (Å²) in [5.74, 6) is 0.253. The fourth-order valence-corrected chi connectivity index (χ4v) is 1.94. The predicted octanol–water partition coefficient (Wildman–Crippen LogP) is 1.95. The third kappa shape index (κ3) is 9.81. The summed E-state index contributed by atoms with van der Waals surface area (Å²) in [6.45, 7) is 2.81. The maximum absolute atomic E-state index is 10.3. The number of unbranched alkanes of at least 4 members (excludes halogenated alkanes) is 1. The number of rotatable bonds is 11. The molecule has 0 fully saturated rings. The van der Waals surface area contributed by atoms with Gasteiger partial charge in [-0.05, 0) is 38.5 Å². The molecular weight excluding hydrogens is 246 g/mol. The molecule has 2 atom stereocenters. The van der Waals surface area contributed by atoms with Gasteiger partial charge in [0.25, 0.3) is 0 Å². The lowest BCUT2D eigenvalue weighted by Crippen LogP contribution is -2.16. The molecule has 0 spiro atoms. The average molecular weight is 265 g/mol. The Morgan fingerprint density at radius 3 is 2.00 bits per heavy atom. The van der Waals surface area contributed by atoms with E-state index in [-0.39, 0.29) is 12.0 Å². The van der Waals surface area contributed by atoms with Crippen molar-refractivity contribution in [2.24, 2.45) is 20.9 Å². The van der Waals surface area contributed by atoms with Crippen molar-refractivity contribution in [2.45, 2.75) is 45.1 Å². The van der Waals surface area contributed by atoms with Gasteiger partial charge in [0.05, 0.1) is 19.1 Å². The van der Waals surface area contributed by atoms with Crippen LogP contribution in [-0.2, 0) is 14.4 Å². The van der Waals surface area contributed by atoms with Crippen LogP contribution < -0.4 is 0 Å². The molecule has 0 saturated carbocycles. The van der Waals surface area contributed by atoms with Gasteiger partial charge in [0, 0.05) is 0 Å². The first kappa shape index (κ1) is 17.1. The van der Waals surface area contributed by atoms with E-state index in [1.165, 1.54) is 12.2 Å². The van der Waals surface area contributed by atoms with Gasteiger partial charge in [-0.15, -0.1) is 0 Å². The Labute approximate surface area is 112 Å². The van der Waals surface area contributed by atoms with Gasteiger partial charge in [0.15, 0.2) is 0 Å². The largest absolute Gasteiger partial charge is 0.235 e. The van der Waals surface area contributed by atoms with Gasteiger partial charge in [-0.25, -0.2) is 29.4 Å². The van der Waals surface area contributed by atoms with Crippen LogP contribution in [-0.4, -0.2) is 37.4 Å². The number of nitrogens with zero attached hydrogens (tertiary/aromatic N) is 3. The third-order valence-corrected chi connectivity index (χ3v) is 3.01. The van der Waals surface area contributed by atoms with E-state index in [9.17, 15) is 14.4 Å². The molecule has 6 nitrogen and oxygen atoms in total. The van der Waals surface area contributed by atoms with Crippen LogP contribution in [0.4, 0.5) is 0 Å². The molecule has 0 heterocycles. The number of isocyanates is 3. The number of hydrogen-bond donors (Lipinski definition) is 0. The first-order chi connectivity index (χ1) is 9.26. The van der Waals surface area contributed by atoms with E-state index in [1.807, 2.05) is 6.92 Å². The van der Waals surface area contributed by atoms with E-state index in [0.29, 0.717) is 13.1 Å². The summed E-state index contributed by atoms with van der Waals surface area (Å²) in [6.07, 6.45) is 8.81. The van der Waals surface area contributed by atoms with E-state index in [1.54, 1.807) is 6.08 Å². The van der Waals surface area contributed by atoms with Crippen molar-refractivity contribution in [3.8, 4) is 0 Å². The van der Waals surface area contributed by atoms with Gasteiger partial charge in [-0.2, -0.15) is 0 Å². The van der Waals surface area contributed by atoms with Crippen molar-refractivity contribution < 1.29 is 14.4 Å². The van der Waals surface area contributed by atoms with Crippen molar-refractivity contribution in [1.82, 2.24) is 0 Å². The lowest BCUT2D eigenvalue weighted by molar-refractivity contribution is 0.367. The topological polar surface area (TPSA) is 88.3 Å².